The second kappa shape index (κ2) is 5.19. The number of aliphatic carboxylic acids is 1. The molecule has 0 saturated carbocycles. The normalized spacial score (nSPS) is 15.1. The van der Waals surface area contributed by atoms with E-state index in [0.717, 1.165) is 24.3 Å². The van der Waals surface area contributed by atoms with E-state index >= 15 is 0 Å². The van der Waals surface area contributed by atoms with Gasteiger partial charge < -0.3 is 15.6 Å². The van der Waals surface area contributed by atoms with Crippen molar-refractivity contribution in [3.05, 3.63) is 29.3 Å². The van der Waals surface area contributed by atoms with Gasteiger partial charge in [0.05, 0.1) is 6.61 Å². The van der Waals surface area contributed by atoms with E-state index in [1.165, 1.54) is 5.56 Å². The van der Waals surface area contributed by atoms with Crippen LogP contribution < -0.4 is 10.5 Å². The minimum Gasteiger partial charge on any atom is -0.493 e. The Balaban J connectivity index is 1.95. The summed E-state index contributed by atoms with van der Waals surface area (Å²) in [4.78, 5) is 10.4. The van der Waals surface area contributed by atoms with Crippen molar-refractivity contribution in [1.29, 1.82) is 0 Å². The lowest BCUT2D eigenvalue weighted by molar-refractivity contribution is -0.137. The van der Waals surface area contributed by atoms with Crippen LogP contribution in [-0.2, 0) is 11.2 Å². The molecule has 0 aromatic heterocycles. The molecule has 1 aromatic carbocycles. The first-order chi connectivity index (χ1) is 8.16. The topological polar surface area (TPSA) is 72.6 Å². The first-order valence-electron chi connectivity index (χ1n) is 5.90. The Morgan fingerprint density at radius 3 is 3.12 bits per heavy atom. The van der Waals surface area contributed by atoms with Gasteiger partial charge in [0.25, 0.3) is 0 Å². The number of carboxylic acids is 1. The fraction of sp³-hybridized carbons (Fsp3) is 0.462. The fourth-order valence-corrected chi connectivity index (χ4v) is 2.08. The molecule has 1 aliphatic rings. The minimum atomic E-state index is -0.764. The highest BCUT2D eigenvalue weighted by molar-refractivity contribution is 5.66. The second-order valence-corrected chi connectivity index (χ2v) is 4.36. The summed E-state index contributed by atoms with van der Waals surface area (Å²) in [6, 6.07) is 5.91. The highest BCUT2D eigenvalue weighted by atomic mass is 16.5. The number of benzene rings is 1. The molecule has 17 heavy (non-hydrogen) atoms. The van der Waals surface area contributed by atoms with Gasteiger partial charge in [0.2, 0.25) is 0 Å². The molecule has 0 saturated heterocycles. The van der Waals surface area contributed by atoms with Gasteiger partial charge in [0, 0.05) is 18.9 Å². The summed E-state index contributed by atoms with van der Waals surface area (Å²) >= 11 is 0. The van der Waals surface area contributed by atoms with Crippen LogP contribution in [0.5, 0.6) is 5.75 Å². The molecule has 3 N–H and O–H groups in total. The van der Waals surface area contributed by atoms with Crippen LogP contribution in [0, 0.1) is 0 Å². The van der Waals surface area contributed by atoms with E-state index in [0.29, 0.717) is 12.8 Å². The van der Waals surface area contributed by atoms with Crippen LogP contribution in [0.15, 0.2) is 18.2 Å². The smallest absolute Gasteiger partial charge is 0.303 e. The monoisotopic (exact) mass is 235 g/mol. The summed E-state index contributed by atoms with van der Waals surface area (Å²) in [6.07, 6.45) is 2.43. The van der Waals surface area contributed by atoms with E-state index in [9.17, 15) is 4.79 Å². The van der Waals surface area contributed by atoms with E-state index in [1.807, 2.05) is 12.1 Å². The Morgan fingerprint density at radius 1 is 1.53 bits per heavy atom. The van der Waals surface area contributed by atoms with Crippen LogP contribution in [0.4, 0.5) is 0 Å². The van der Waals surface area contributed by atoms with Gasteiger partial charge in [-0.05, 0) is 30.0 Å². The number of nitrogens with two attached hydrogens (primary N) is 1. The van der Waals surface area contributed by atoms with Crippen molar-refractivity contribution in [1.82, 2.24) is 0 Å². The Kier molecular flexibility index (Phi) is 3.64. The van der Waals surface area contributed by atoms with Crippen molar-refractivity contribution in [2.45, 2.75) is 31.7 Å². The molecule has 0 aliphatic carbocycles. The second-order valence-electron chi connectivity index (χ2n) is 4.36. The lowest BCUT2D eigenvalue weighted by Gasteiger charge is -2.12. The van der Waals surface area contributed by atoms with Crippen molar-refractivity contribution >= 4 is 5.97 Å². The van der Waals surface area contributed by atoms with Gasteiger partial charge >= 0.3 is 5.97 Å². The maximum absolute atomic E-state index is 10.4. The van der Waals surface area contributed by atoms with Crippen molar-refractivity contribution in [2.75, 3.05) is 6.61 Å². The molecular formula is C13H17NO3. The Bertz CT molecular complexity index is 417. The van der Waals surface area contributed by atoms with Gasteiger partial charge in [0.15, 0.2) is 0 Å². The first kappa shape index (κ1) is 11.9. The lowest BCUT2D eigenvalue weighted by atomic mass is 9.99. The molecule has 1 atom stereocenters. The number of hydrogen-bond donors (Lipinski definition) is 2. The number of rotatable bonds is 5. The quantitative estimate of drug-likeness (QED) is 0.817. The van der Waals surface area contributed by atoms with Crippen LogP contribution in [0.1, 0.15) is 36.4 Å². The van der Waals surface area contributed by atoms with Crippen LogP contribution in [0.3, 0.4) is 0 Å². The molecule has 1 unspecified atom stereocenters. The summed E-state index contributed by atoms with van der Waals surface area (Å²) in [6.45, 7) is 0.743. The predicted molar refractivity (Wildman–Crippen MR) is 64.1 cm³/mol. The molecule has 92 valence electrons. The van der Waals surface area contributed by atoms with Gasteiger partial charge in [-0.15, -0.1) is 0 Å². The van der Waals surface area contributed by atoms with Crippen LogP contribution >= 0.6 is 0 Å². The Hall–Kier alpha value is -1.55. The maximum atomic E-state index is 10.4. The Morgan fingerprint density at radius 2 is 2.35 bits per heavy atom. The van der Waals surface area contributed by atoms with Crippen molar-refractivity contribution in [2.24, 2.45) is 5.73 Å². The van der Waals surface area contributed by atoms with Gasteiger partial charge in [0.1, 0.15) is 5.75 Å². The molecule has 4 nitrogen and oxygen atoms in total. The maximum Gasteiger partial charge on any atom is 0.303 e. The summed E-state index contributed by atoms with van der Waals surface area (Å²) in [5.41, 5.74) is 8.32. The van der Waals surface area contributed by atoms with Crippen LogP contribution in [-0.4, -0.2) is 17.7 Å². The van der Waals surface area contributed by atoms with Crippen molar-refractivity contribution in [3.8, 4) is 5.75 Å². The number of hydrogen-bond acceptors (Lipinski definition) is 3. The van der Waals surface area contributed by atoms with Crippen LogP contribution in [0.2, 0.25) is 0 Å². The minimum absolute atomic E-state index is 0.0831. The Labute approximate surface area is 100 Å². The molecule has 0 spiro atoms. The fourth-order valence-electron chi connectivity index (χ4n) is 2.08. The lowest BCUT2D eigenvalue weighted by Crippen LogP contribution is -2.11. The standard InChI is InChI=1S/C13H17NO3/c14-11(2-1-3-13(15)16)9-4-5-12-10(8-9)6-7-17-12/h4-5,8,11H,1-3,6-7,14H2,(H,15,16). The third-order valence-corrected chi connectivity index (χ3v) is 3.05. The molecule has 1 aliphatic heterocycles. The average Bonchev–Trinajstić information content (AvgIpc) is 2.75. The zero-order valence-electron chi connectivity index (χ0n) is 9.69. The number of carbonyl (C=O) groups is 1. The average molecular weight is 235 g/mol. The SMILES string of the molecule is NC(CCCC(=O)O)c1ccc2c(c1)CCO2. The van der Waals surface area contributed by atoms with E-state index in [-0.39, 0.29) is 12.5 Å². The van der Waals surface area contributed by atoms with Gasteiger partial charge in [-0.25, -0.2) is 0 Å². The third kappa shape index (κ3) is 2.97. The number of ether oxygens (including phenoxy) is 1. The van der Waals surface area contributed by atoms with E-state index in [1.54, 1.807) is 0 Å². The molecule has 1 heterocycles. The molecule has 0 fully saturated rings. The van der Waals surface area contributed by atoms with Crippen molar-refractivity contribution in [3.63, 3.8) is 0 Å². The number of fused-ring (bicyclic) bond motifs is 1. The zero-order valence-corrected chi connectivity index (χ0v) is 9.69. The molecule has 4 heteroatoms. The molecule has 0 bridgehead atoms. The summed E-state index contributed by atoms with van der Waals surface area (Å²) < 4.78 is 5.43. The van der Waals surface area contributed by atoms with Crippen LogP contribution in [0.25, 0.3) is 0 Å². The third-order valence-electron chi connectivity index (χ3n) is 3.05. The van der Waals surface area contributed by atoms with E-state index in [4.69, 9.17) is 15.6 Å². The largest absolute Gasteiger partial charge is 0.493 e. The molecule has 0 amide bonds. The number of carboxylic acid groups (broad SMARTS) is 1. The summed E-state index contributed by atoms with van der Waals surface area (Å²) in [5, 5.41) is 8.57. The predicted octanol–water partition coefficient (Wildman–Crippen LogP) is 1.88. The highest BCUT2D eigenvalue weighted by Gasteiger charge is 2.14. The molecule has 2 rings (SSSR count). The van der Waals surface area contributed by atoms with E-state index in [2.05, 4.69) is 6.07 Å². The van der Waals surface area contributed by atoms with Crippen molar-refractivity contribution < 1.29 is 14.6 Å². The highest BCUT2D eigenvalue weighted by Crippen LogP contribution is 2.28. The summed E-state index contributed by atoms with van der Waals surface area (Å²) in [5.74, 6) is 0.186. The van der Waals surface area contributed by atoms with E-state index < -0.39 is 5.97 Å². The molecular weight excluding hydrogens is 218 g/mol. The first-order valence-corrected chi connectivity index (χ1v) is 5.90. The molecule has 0 radical (unpaired) electrons. The summed E-state index contributed by atoms with van der Waals surface area (Å²) in [7, 11) is 0. The van der Waals surface area contributed by atoms with Gasteiger partial charge in [-0.2, -0.15) is 0 Å². The van der Waals surface area contributed by atoms with Gasteiger partial charge in [-0.3, -0.25) is 4.79 Å². The van der Waals surface area contributed by atoms with Gasteiger partial charge in [-0.1, -0.05) is 12.1 Å². The zero-order chi connectivity index (χ0) is 12.3. The molecule has 1 aromatic rings.